The summed E-state index contributed by atoms with van der Waals surface area (Å²) in [6.07, 6.45) is 3.28. The third kappa shape index (κ3) is 2.33. The molecule has 2 rings (SSSR count). The fourth-order valence-electron chi connectivity index (χ4n) is 1.83. The standard InChI is InChI=1S/C14H17NO2/c1-3-7-17-10-5-6-13-11(8-10)12(9-15-13)14(16)4-2/h5-6,8-9,15H,3-4,7H2,1-2H3. The summed E-state index contributed by atoms with van der Waals surface area (Å²) < 4.78 is 5.58. The van der Waals surface area contributed by atoms with Crippen molar-refractivity contribution in [1.29, 1.82) is 0 Å². The number of aromatic amines is 1. The first kappa shape index (κ1) is 11.7. The minimum atomic E-state index is 0.156. The highest BCUT2D eigenvalue weighted by atomic mass is 16.5. The Morgan fingerprint density at radius 3 is 2.88 bits per heavy atom. The van der Waals surface area contributed by atoms with Crippen LogP contribution in [0.3, 0.4) is 0 Å². The minimum Gasteiger partial charge on any atom is -0.494 e. The van der Waals surface area contributed by atoms with E-state index in [2.05, 4.69) is 11.9 Å². The van der Waals surface area contributed by atoms with Gasteiger partial charge in [0.2, 0.25) is 0 Å². The van der Waals surface area contributed by atoms with Crippen LogP contribution >= 0.6 is 0 Å². The van der Waals surface area contributed by atoms with Crippen molar-refractivity contribution in [1.82, 2.24) is 4.98 Å². The smallest absolute Gasteiger partial charge is 0.164 e. The van der Waals surface area contributed by atoms with E-state index >= 15 is 0 Å². The second-order valence-electron chi connectivity index (χ2n) is 4.03. The third-order valence-corrected chi connectivity index (χ3v) is 2.75. The molecule has 90 valence electrons. The number of carbonyl (C=O) groups excluding carboxylic acids is 1. The molecule has 0 bridgehead atoms. The second-order valence-corrected chi connectivity index (χ2v) is 4.03. The molecule has 1 aromatic carbocycles. The summed E-state index contributed by atoms with van der Waals surface area (Å²) in [6, 6.07) is 5.81. The lowest BCUT2D eigenvalue weighted by Gasteiger charge is -2.04. The van der Waals surface area contributed by atoms with Gasteiger partial charge < -0.3 is 9.72 Å². The number of fused-ring (bicyclic) bond motifs is 1. The molecule has 0 aliphatic carbocycles. The molecule has 0 unspecified atom stereocenters. The number of hydrogen-bond acceptors (Lipinski definition) is 2. The third-order valence-electron chi connectivity index (χ3n) is 2.75. The van der Waals surface area contributed by atoms with Gasteiger partial charge in [-0.25, -0.2) is 0 Å². The number of hydrogen-bond donors (Lipinski definition) is 1. The van der Waals surface area contributed by atoms with Crippen molar-refractivity contribution < 1.29 is 9.53 Å². The van der Waals surface area contributed by atoms with E-state index in [1.54, 1.807) is 6.20 Å². The fraction of sp³-hybridized carbons (Fsp3) is 0.357. The number of nitrogens with one attached hydrogen (secondary N) is 1. The van der Waals surface area contributed by atoms with Crippen LogP contribution in [0.25, 0.3) is 10.9 Å². The lowest BCUT2D eigenvalue weighted by atomic mass is 10.1. The maximum atomic E-state index is 11.8. The molecule has 0 radical (unpaired) electrons. The van der Waals surface area contributed by atoms with Gasteiger partial charge in [0.05, 0.1) is 6.61 Å². The Kier molecular flexibility index (Phi) is 3.47. The summed E-state index contributed by atoms with van der Waals surface area (Å²) in [5.41, 5.74) is 1.73. The molecule has 0 aliphatic heterocycles. The summed E-state index contributed by atoms with van der Waals surface area (Å²) in [6.45, 7) is 4.65. The van der Waals surface area contributed by atoms with Crippen LogP contribution in [-0.2, 0) is 0 Å². The van der Waals surface area contributed by atoms with E-state index in [1.807, 2.05) is 25.1 Å². The van der Waals surface area contributed by atoms with Crippen LogP contribution in [0.2, 0.25) is 0 Å². The summed E-state index contributed by atoms with van der Waals surface area (Å²) in [7, 11) is 0. The minimum absolute atomic E-state index is 0.156. The zero-order valence-electron chi connectivity index (χ0n) is 10.2. The van der Waals surface area contributed by atoms with Gasteiger partial charge in [0, 0.05) is 29.1 Å². The predicted molar refractivity (Wildman–Crippen MR) is 68.7 cm³/mol. The molecule has 17 heavy (non-hydrogen) atoms. The maximum absolute atomic E-state index is 11.8. The highest BCUT2D eigenvalue weighted by Gasteiger charge is 2.10. The maximum Gasteiger partial charge on any atom is 0.164 e. The van der Waals surface area contributed by atoms with E-state index < -0.39 is 0 Å². The highest BCUT2D eigenvalue weighted by Crippen LogP contribution is 2.24. The van der Waals surface area contributed by atoms with Gasteiger partial charge >= 0.3 is 0 Å². The fourth-order valence-corrected chi connectivity index (χ4v) is 1.83. The van der Waals surface area contributed by atoms with E-state index in [0.717, 1.165) is 28.6 Å². The number of Topliss-reactive ketones (excluding diaryl/α,β-unsaturated/α-hetero) is 1. The van der Waals surface area contributed by atoms with E-state index in [0.29, 0.717) is 13.0 Å². The Bertz CT molecular complexity index is 528. The summed E-state index contributed by atoms with van der Waals surface area (Å²) >= 11 is 0. The number of aromatic nitrogens is 1. The van der Waals surface area contributed by atoms with Gasteiger partial charge in [-0.15, -0.1) is 0 Å². The van der Waals surface area contributed by atoms with E-state index in [-0.39, 0.29) is 5.78 Å². The lowest BCUT2D eigenvalue weighted by Crippen LogP contribution is -1.96. The van der Waals surface area contributed by atoms with Crippen LogP contribution in [0.5, 0.6) is 5.75 Å². The molecular weight excluding hydrogens is 214 g/mol. The SMILES string of the molecule is CCCOc1ccc2[nH]cc(C(=O)CC)c2c1. The number of rotatable bonds is 5. The topological polar surface area (TPSA) is 42.1 Å². The van der Waals surface area contributed by atoms with Crippen LogP contribution in [0.15, 0.2) is 24.4 Å². The molecule has 3 heteroatoms. The predicted octanol–water partition coefficient (Wildman–Crippen LogP) is 3.55. The van der Waals surface area contributed by atoms with Crippen LogP contribution in [0.1, 0.15) is 37.0 Å². The normalized spacial score (nSPS) is 10.7. The highest BCUT2D eigenvalue weighted by molar-refractivity contribution is 6.08. The van der Waals surface area contributed by atoms with E-state index in [1.165, 1.54) is 0 Å². The number of ether oxygens (including phenoxy) is 1. The molecule has 0 aliphatic rings. The summed E-state index contributed by atoms with van der Waals surface area (Å²) in [5, 5.41) is 0.949. The van der Waals surface area contributed by atoms with Gasteiger partial charge in [0.15, 0.2) is 5.78 Å². The van der Waals surface area contributed by atoms with Gasteiger partial charge in [0.1, 0.15) is 5.75 Å². The van der Waals surface area contributed by atoms with Gasteiger partial charge in [-0.1, -0.05) is 13.8 Å². The van der Waals surface area contributed by atoms with Crippen molar-refractivity contribution >= 4 is 16.7 Å². The zero-order chi connectivity index (χ0) is 12.3. The average Bonchev–Trinajstić information content (AvgIpc) is 2.78. The van der Waals surface area contributed by atoms with E-state index in [9.17, 15) is 4.79 Å². The Balaban J connectivity index is 2.39. The molecule has 2 aromatic rings. The molecular formula is C14H17NO2. The van der Waals surface area contributed by atoms with E-state index in [4.69, 9.17) is 4.74 Å². The van der Waals surface area contributed by atoms with Crippen LogP contribution in [0, 0.1) is 0 Å². The molecule has 3 nitrogen and oxygen atoms in total. The van der Waals surface area contributed by atoms with Crippen LogP contribution in [-0.4, -0.2) is 17.4 Å². The molecule has 1 N–H and O–H groups in total. The molecule has 0 spiro atoms. The van der Waals surface area contributed by atoms with Gasteiger partial charge in [-0.05, 0) is 24.6 Å². The van der Waals surface area contributed by atoms with Crippen LogP contribution in [0.4, 0.5) is 0 Å². The number of H-pyrrole nitrogens is 1. The Morgan fingerprint density at radius 2 is 2.18 bits per heavy atom. The Labute approximate surface area is 101 Å². The average molecular weight is 231 g/mol. The second kappa shape index (κ2) is 5.04. The van der Waals surface area contributed by atoms with Crippen molar-refractivity contribution in [2.45, 2.75) is 26.7 Å². The van der Waals surface area contributed by atoms with Gasteiger partial charge in [0.25, 0.3) is 0 Å². The lowest BCUT2D eigenvalue weighted by molar-refractivity contribution is 0.0990. The number of ketones is 1. The van der Waals surface area contributed by atoms with Crippen molar-refractivity contribution in [3.8, 4) is 5.75 Å². The summed E-state index contributed by atoms with van der Waals surface area (Å²) in [4.78, 5) is 14.9. The largest absolute Gasteiger partial charge is 0.494 e. The van der Waals surface area contributed by atoms with Gasteiger partial charge in [-0.2, -0.15) is 0 Å². The molecule has 0 atom stereocenters. The van der Waals surface area contributed by atoms with Gasteiger partial charge in [-0.3, -0.25) is 4.79 Å². The molecule has 1 aromatic heterocycles. The van der Waals surface area contributed by atoms with Crippen molar-refractivity contribution in [3.05, 3.63) is 30.0 Å². The monoisotopic (exact) mass is 231 g/mol. The van der Waals surface area contributed by atoms with Crippen molar-refractivity contribution in [2.24, 2.45) is 0 Å². The quantitative estimate of drug-likeness (QED) is 0.799. The molecule has 1 heterocycles. The summed E-state index contributed by atoms with van der Waals surface area (Å²) in [5.74, 6) is 0.980. The Morgan fingerprint density at radius 1 is 1.35 bits per heavy atom. The van der Waals surface area contributed by atoms with Crippen LogP contribution < -0.4 is 4.74 Å². The molecule has 0 saturated heterocycles. The molecule has 0 fully saturated rings. The first-order valence-corrected chi connectivity index (χ1v) is 6.03. The molecule has 0 amide bonds. The zero-order valence-corrected chi connectivity index (χ0v) is 10.2. The Hall–Kier alpha value is -1.77. The van der Waals surface area contributed by atoms with Crippen molar-refractivity contribution in [3.63, 3.8) is 0 Å². The number of benzene rings is 1. The first-order chi connectivity index (χ1) is 8.26. The first-order valence-electron chi connectivity index (χ1n) is 6.03. The van der Waals surface area contributed by atoms with Crippen molar-refractivity contribution in [2.75, 3.05) is 6.61 Å². The number of carbonyl (C=O) groups is 1. The molecule has 0 saturated carbocycles.